The van der Waals surface area contributed by atoms with E-state index in [1.54, 1.807) is 23.9 Å². The van der Waals surface area contributed by atoms with Gasteiger partial charge in [0.1, 0.15) is 0 Å². The van der Waals surface area contributed by atoms with Crippen LogP contribution in [0.4, 0.5) is 0 Å². The molecule has 1 unspecified atom stereocenters. The van der Waals surface area contributed by atoms with E-state index >= 15 is 0 Å². The number of hydrogen-bond donors (Lipinski definition) is 1. The van der Waals surface area contributed by atoms with Gasteiger partial charge in [-0.25, -0.2) is 0 Å². The molecule has 0 aliphatic carbocycles. The number of hydrogen-bond acceptors (Lipinski definition) is 2. The van der Waals surface area contributed by atoms with Crippen LogP contribution in [0.3, 0.4) is 0 Å². The van der Waals surface area contributed by atoms with E-state index in [9.17, 15) is 0 Å². The van der Waals surface area contributed by atoms with Crippen molar-refractivity contribution in [3.8, 4) is 0 Å². The monoisotopic (exact) mass is 311 g/mol. The molecule has 0 saturated carbocycles. The Kier molecular flexibility index (Phi) is 5.17. The fourth-order valence-electron chi connectivity index (χ4n) is 1.71. The molecule has 0 radical (unpaired) electrons. The lowest BCUT2D eigenvalue weighted by Crippen LogP contribution is -2.13. The molecule has 0 saturated heterocycles. The first-order valence-electron chi connectivity index (χ1n) is 5.96. The average Bonchev–Trinajstić information content (AvgIpc) is 2.40. The quantitative estimate of drug-likeness (QED) is 0.795. The van der Waals surface area contributed by atoms with E-state index in [2.05, 4.69) is 31.2 Å². The van der Waals surface area contributed by atoms with Crippen LogP contribution in [-0.2, 0) is 0 Å². The van der Waals surface area contributed by atoms with Gasteiger partial charge in [-0.05, 0) is 42.8 Å². The van der Waals surface area contributed by atoms with Crippen LogP contribution < -0.4 is 5.73 Å². The van der Waals surface area contributed by atoms with E-state index in [0.29, 0.717) is 10.0 Å². The molecule has 0 amide bonds. The molecule has 2 rings (SSSR count). The molecule has 19 heavy (non-hydrogen) atoms. The maximum atomic E-state index is 6.18. The van der Waals surface area contributed by atoms with Gasteiger partial charge in [-0.2, -0.15) is 0 Å². The van der Waals surface area contributed by atoms with Crippen molar-refractivity contribution < 1.29 is 0 Å². The van der Waals surface area contributed by atoms with Gasteiger partial charge in [0.25, 0.3) is 0 Å². The standard InChI is InChI=1S/C15H15Cl2NS/c1-10-2-5-12(6-3-10)19-9-15(18)13-8-11(16)4-7-14(13)17/h2-8,15H,9,18H2,1H3. The molecule has 1 atom stereocenters. The molecule has 2 aromatic carbocycles. The van der Waals surface area contributed by atoms with Gasteiger partial charge in [-0.3, -0.25) is 0 Å². The summed E-state index contributed by atoms with van der Waals surface area (Å²) in [6.45, 7) is 2.08. The third-order valence-electron chi connectivity index (χ3n) is 2.81. The second-order valence-corrected chi connectivity index (χ2v) is 6.33. The van der Waals surface area contributed by atoms with Crippen LogP contribution in [0.25, 0.3) is 0 Å². The Morgan fingerprint density at radius 2 is 1.79 bits per heavy atom. The zero-order chi connectivity index (χ0) is 13.8. The van der Waals surface area contributed by atoms with Crippen molar-refractivity contribution >= 4 is 35.0 Å². The fourth-order valence-corrected chi connectivity index (χ4v) is 3.03. The Morgan fingerprint density at radius 3 is 2.47 bits per heavy atom. The number of halogens is 2. The first-order valence-corrected chi connectivity index (χ1v) is 7.70. The summed E-state index contributed by atoms with van der Waals surface area (Å²) in [6.07, 6.45) is 0. The smallest absolute Gasteiger partial charge is 0.0455 e. The largest absolute Gasteiger partial charge is 0.323 e. The van der Waals surface area contributed by atoms with Gasteiger partial charge in [0.15, 0.2) is 0 Å². The summed E-state index contributed by atoms with van der Waals surface area (Å²) < 4.78 is 0. The predicted octanol–water partition coefficient (Wildman–Crippen LogP) is 5.09. The lowest BCUT2D eigenvalue weighted by molar-refractivity contribution is 0.831. The highest BCUT2D eigenvalue weighted by molar-refractivity contribution is 7.99. The van der Waals surface area contributed by atoms with Crippen molar-refractivity contribution in [3.05, 3.63) is 63.6 Å². The van der Waals surface area contributed by atoms with Gasteiger partial charge in [-0.15, -0.1) is 11.8 Å². The van der Waals surface area contributed by atoms with Crippen molar-refractivity contribution in [2.75, 3.05) is 5.75 Å². The molecule has 100 valence electrons. The summed E-state index contributed by atoms with van der Waals surface area (Å²) in [5.74, 6) is 0.767. The summed E-state index contributed by atoms with van der Waals surface area (Å²) in [5.41, 5.74) is 8.33. The predicted molar refractivity (Wildman–Crippen MR) is 85.3 cm³/mol. The van der Waals surface area contributed by atoms with E-state index in [-0.39, 0.29) is 6.04 Å². The number of benzene rings is 2. The Hall–Kier alpha value is -0.670. The molecule has 0 aromatic heterocycles. The lowest BCUT2D eigenvalue weighted by Gasteiger charge is -2.14. The van der Waals surface area contributed by atoms with Crippen LogP contribution in [0.5, 0.6) is 0 Å². The highest BCUT2D eigenvalue weighted by Crippen LogP contribution is 2.29. The van der Waals surface area contributed by atoms with E-state index in [1.165, 1.54) is 10.5 Å². The zero-order valence-corrected chi connectivity index (χ0v) is 12.9. The molecule has 2 N–H and O–H groups in total. The molecular formula is C15H15Cl2NS. The van der Waals surface area contributed by atoms with Crippen molar-refractivity contribution in [2.45, 2.75) is 17.9 Å². The Bertz CT molecular complexity index is 555. The Labute approximate surface area is 128 Å². The summed E-state index contributed by atoms with van der Waals surface area (Å²) in [7, 11) is 0. The highest BCUT2D eigenvalue weighted by atomic mass is 35.5. The summed E-state index contributed by atoms with van der Waals surface area (Å²) >= 11 is 13.8. The Morgan fingerprint density at radius 1 is 1.11 bits per heavy atom. The summed E-state index contributed by atoms with van der Waals surface area (Å²) in [5, 5.41) is 1.33. The zero-order valence-electron chi connectivity index (χ0n) is 10.6. The van der Waals surface area contributed by atoms with Gasteiger partial charge < -0.3 is 5.73 Å². The number of aryl methyl sites for hydroxylation is 1. The van der Waals surface area contributed by atoms with Crippen LogP contribution >= 0.6 is 35.0 Å². The van der Waals surface area contributed by atoms with E-state index in [0.717, 1.165) is 11.3 Å². The minimum Gasteiger partial charge on any atom is -0.323 e. The maximum absolute atomic E-state index is 6.18. The second-order valence-electron chi connectivity index (χ2n) is 4.40. The lowest BCUT2D eigenvalue weighted by atomic mass is 10.1. The van der Waals surface area contributed by atoms with Crippen molar-refractivity contribution in [1.82, 2.24) is 0 Å². The third-order valence-corrected chi connectivity index (χ3v) is 4.52. The summed E-state index contributed by atoms with van der Waals surface area (Å²) in [6, 6.07) is 13.7. The Balaban J connectivity index is 2.03. The van der Waals surface area contributed by atoms with E-state index in [4.69, 9.17) is 28.9 Å². The highest BCUT2D eigenvalue weighted by Gasteiger charge is 2.11. The summed E-state index contributed by atoms with van der Waals surface area (Å²) in [4.78, 5) is 1.21. The van der Waals surface area contributed by atoms with Gasteiger partial charge in [0.05, 0.1) is 0 Å². The molecule has 4 heteroatoms. The van der Waals surface area contributed by atoms with Crippen LogP contribution in [-0.4, -0.2) is 5.75 Å². The normalized spacial score (nSPS) is 12.4. The van der Waals surface area contributed by atoms with Gasteiger partial charge >= 0.3 is 0 Å². The minimum absolute atomic E-state index is 0.127. The van der Waals surface area contributed by atoms with Crippen LogP contribution in [0.2, 0.25) is 10.0 Å². The van der Waals surface area contributed by atoms with Gasteiger partial charge in [-0.1, -0.05) is 40.9 Å². The van der Waals surface area contributed by atoms with Crippen LogP contribution in [0, 0.1) is 6.92 Å². The fraction of sp³-hybridized carbons (Fsp3) is 0.200. The number of nitrogens with two attached hydrogens (primary N) is 1. The van der Waals surface area contributed by atoms with Crippen molar-refractivity contribution in [1.29, 1.82) is 0 Å². The van der Waals surface area contributed by atoms with Gasteiger partial charge in [0.2, 0.25) is 0 Å². The first-order chi connectivity index (χ1) is 9.06. The maximum Gasteiger partial charge on any atom is 0.0455 e. The molecule has 0 aliphatic rings. The third kappa shape index (κ3) is 4.15. The molecule has 0 heterocycles. The van der Waals surface area contributed by atoms with Gasteiger partial charge in [0, 0.05) is 26.7 Å². The van der Waals surface area contributed by atoms with E-state index in [1.807, 2.05) is 6.07 Å². The van der Waals surface area contributed by atoms with Crippen molar-refractivity contribution in [2.24, 2.45) is 5.73 Å². The van der Waals surface area contributed by atoms with Crippen molar-refractivity contribution in [3.63, 3.8) is 0 Å². The van der Waals surface area contributed by atoms with E-state index < -0.39 is 0 Å². The first kappa shape index (κ1) is 14.7. The molecule has 1 nitrogen and oxygen atoms in total. The molecular weight excluding hydrogens is 297 g/mol. The number of rotatable bonds is 4. The number of thioether (sulfide) groups is 1. The molecule has 0 fully saturated rings. The molecule has 0 spiro atoms. The molecule has 2 aromatic rings. The average molecular weight is 312 g/mol. The van der Waals surface area contributed by atoms with Crippen LogP contribution in [0.1, 0.15) is 17.2 Å². The topological polar surface area (TPSA) is 26.0 Å². The SMILES string of the molecule is Cc1ccc(SCC(N)c2cc(Cl)ccc2Cl)cc1. The molecule has 0 aliphatic heterocycles. The molecule has 0 bridgehead atoms. The minimum atomic E-state index is -0.127. The second kappa shape index (κ2) is 6.67. The van der Waals surface area contributed by atoms with Crippen LogP contribution in [0.15, 0.2) is 47.4 Å².